The van der Waals surface area contributed by atoms with Gasteiger partial charge in [-0.15, -0.1) is 5.10 Å². The molecule has 2 unspecified atom stereocenters. The fourth-order valence-corrected chi connectivity index (χ4v) is 3.13. The van der Waals surface area contributed by atoms with Gasteiger partial charge in [0, 0.05) is 7.05 Å². The van der Waals surface area contributed by atoms with E-state index in [0.29, 0.717) is 11.3 Å². The van der Waals surface area contributed by atoms with Gasteiger partial charge in [-0.1, -0.05) is 31.9 Å². The van der Waals surface area contributed by atoms with E-state index in [9.17, 15) is 0 Å². The van der Waals surface area contributed by atoms with Gasteiger partial charge in [0.2, 0.25) is 0 Å². The summed E-state index contributed by atoms with van der Waals surface area (Å²) in [5.74, 6) is 6.31. The van der Waals surface area contributed by atoms with E-state index in [1.165, 1.54) is 25.7 Å². The van der Waals surface area contributed by atoms with Crippen LogP contribution in [0.5, 0.6) is 0 Å². The third-order valence-corrected chi connectivity index (χ3v) is 4.24. The number of hydrazine groups is 1. The van der Waals surface area contributed by atoms with E-state index in [2.05, 4.69) is 29.6 Å². The molecule has 1 aliphatic carbocycles. The molecule has 17 heavy (non-hydrogen) atoms. The largest absolute Gasteiger partial charge is 0.271 e. The molecule has 0 radical (unpaired) electrons. The zero-order valence-electron chi connectivity index (χ0n) is 11.0. The summed E-state index contributed by atoms with van der Waals surface area (Å²) >= 11 is 0. The van der Waals surface area contributed by atoms with Crippen LogP contribution in [0.4, 0.5) is 0 Å². The predicted octanol–water partition coefficient (Wildman–Crippen LogP) is 1.54. The van der Waals surface area contributed by atoms with Crippen LogP contribution < -0.4 is 11.3 Å². The van der Waals surface area contributed by atoms with E-state index >= 15 is 0 Å². The van der Waals surface area contributed by atoms with E-state index < -0.39 is 0 Å². The second kappa shape index (κ2) is 4.74. The molecule has 96 valence electrons. The maximum Gasteiger partial charge on any atom is 0.0769 e. The zero-order chi connectivity index (χ0) is 12.5. The van der Waals surface area contributed by atoms with Crippen molar-refractivity contribution in [1.82, 2.24) is 20.4 Å². The molecule has 1 aliphatic rings. The first-order valence-corrected chi connectivity index (χ1v) is 6.37. The molecule has 1 heterocycles. The van der Waals surface area contributed by atoms with Crippen LogP contribution in [0.1, 0.15) is 51.3 Å². The van der Waals surface area contributed by atoms with E-state index in [4.69, 9.17) is 5.84 Å². The van der Waals surface area contributed by atoms with Crippen molar-refractivity contribution in [2.24, 2.45) is 24.2 Å². The Hall–Kier alpha value is -0.940. The first kappa shape index (κ1) is 12.5. The Morgan fingerprint density at radius 1 is 1.53 bits per heavy atom. The summed E-state index contributed by atoms with van der Waals surface area (Å²) in [5, 5.41) is 7.95. The summed E-state index contributed by atoms with van der Waals surface area (Å²) in [6.07, 6.45) is 6.91. The van der Waals surface area contributed by atoms with Crippen molar-refractivity contribution >= 4 is 0 Å². The van der Waals surface area contributed by atoms with Crippen LogP contribution in [-0.4, -0.2) is 15.0 Å². The molecule has 1 saturated carbocycles. The Labute approximate surface area is 103 Å². The summed E-state index contributed by atoms with van der Waals surface area (Å²) in [4.78, 5) is 0. The summed E-state index contributed by atoms with van der Waals surface area (Å²) in [6.45, 7) is 4.68. The molecule has 0 aromatic carbocycles. The van der Waals surface area contributed by atoms with Crippen LogP contribution in [0.15, 0.2) is 6.20 Å². The molecule has 0 amide bonds. The Morgan fingerprint density at radius 3 is 2.82 bits per heavy atom. The monoisotopic (exact) mass is 237 g/mol. The standard InChI is InChI=1S/C12H23N5/c1-12(2)7-5-4-6-9(12)11(15-13)10-8-14-16-17(10)3/h8-9,11,15H,4-7,13H2,1-3H3. The smallest absolute Gasteiger partial charge is 0.0769 e. The number of aryl methyl sites for hydroxylation is 1. The Morgan fingerprint density at radius 2 is 2.29 bits per heavy atom. The lowest BCUT2D eigenvalue weighted by atomic mass is 9.65. The second-order valence-corrected chi connectivity index (χ2v) is 5.77. The fourth-order valence-electron chi connectivity index (χ4n) is 3.13. The summed E-state index contributed by atoms with van der Waals surface area (Å²) < 4.78 is 1.81. The zero-order valence-corrected chi connectivity index (χ0v) is 11.0. The number of aromatic nitrogens is 3. The summed E-state index contributed by atoms with van der Waals surface area (Å²) in [7, 11) is 1.92. The number of hydrogen-bond donors (Lipinski definition) is 2. The second-order valence-electron chi connectivity index (χ2n) is 5.77. The van der Waals surface area contributed by atoms with Gasteiger partial charge < -0.3 is 0 Å². The maximum atomic E-state index is 5.77. The van der Waals surface area contributed by atoms with Crippen molar-refractivity contribution in [1.29, 1.82) is 0 Å². The first-order chi connectivity index (χ1) is 8.06. The average molecular weight is 237 g/mol. The molecule has 0 spiro atoms. The predicted molar refractivity (Wildman–Crippen MR) is 66.8 cm³/mol. The highest BCUT2D eigenvalue weighted by Crippen LogP contribution is 2.46. The van der Waals surface area contributed by atoms with Gasteiger partial charge in [-0.2, -0.15) is 0 Å². The van der Waals surface area contributed by atoms with Crippen LogP contribution in [0.3, 0.4) is 0 Å². The van der Waals surface area contributed by atoms with Gasteiger partial charge in [-0.05, 0) is 24.2 Å². The van der Waals surface area contributed by atoms with Crippen molar-refractivity contribution in [3.05, 3.63) is 11.9 Å². The number of nitrogens with two attached hydrogens (primary N) is 1. The van der Waals surface area contributed by atoms with Gasteiger partial charge in [0.25, 0.3) is 0 Å². The van der Waals surface area contributed by atoms with Crippen molar-refractivity contribution in [2.45, 2.75) is 45.6 Å². The van der Waals surface area contributed by atoms with Crippen LogP contribution >= 0.6 is 0 Å². The lowest BCUT2D eigenvalue weighted by Crippen LogP contribution is -2.42. The molecule has 0 saturated heterocycles. The van der Waals surface area contributed by atoms with E-state index in [-0.39, 0.29) is 6.04 Å². The summed E-state index contributed by atoms with van der Waals surface area (Å²) in [5.41, 5.74) is 4.37. The van der Waals surface area contributed by atoms with E-state index in [1.54, 1.807) is 0 Å². The molecule has 1 fully saturated rings. The van der Waals surface area contributed by atoms with Gasteiger partial charge in [0.1, 0.15) is 0 Å². The minimum absolute atomic E-state index is 0.144. The maximum absolute atomic E-state index is 5.77. The fraction of sp³-hybridized carbons (Fsp3) is 0.833. The third kappa shape index (κ3) is 2.35. The van der Waals surface area contributed by atoms with Crippen molar-refractivity contribution in [2.75, 3.05) is 0 Å². The molecule has 2 rings (SSSR count). The number of nitrogens with one attached hydrogen (secondary N) is 1. The molecule has 5 nitrogen and oxygen atoms in total. The van der Waals surface area contributed by atoms with Crippen LogP contribution in [-0.2, 0) is 7.05 Å². The van der Waals surface area contributed by atoms with Crippen molar-refractivity contribution in [3.8, 4) is 0 Å². The van der Waals surface area contributed by atoms with Gasteiger partial charge >= 0.3 is 0 Å². The first-order valence-electron chi connectivity index (χ1n) is 6.37. The summed E-state index contributed by atoms with van der Waals surface area (Å²) in [6, 6.07) is 0.144. The highest BCUT2D eigenvalue weighted by Gasteiger charge is 2.38. The molecule has 2 atom stereocenters. The average Bonchev–Trinajstić information content (AvgIpc) is 2.68. The molecule has 3 N–H and O–H groups in total. The molecule has 0 bridgehead atoms. The quantitative estimate of drug-likeness (QED) is 0.618. The minimum Gasteiger partial charge on any atom is -0.271 e. The highest BCUT2D eigenvalue weighted by molar-refractivity contribution is 5.06. The van der Waals surface area contributed by atoms with E-state index in [1.807, 2.05) is 17.9 Å². The lowest BCUT2D eigenvalue weighted by molar-refractivity contribution is 0.0951. The van der Waals surface area contributed by atoms with Gasteiger partial charge in [0.05, 0.1) is 17.9 Å². The van der Waals surface area contributed by atoms with Crippen LogP contribution in [0.2, 0.25) is 0 Å². The van der Waals surface area contributed by atoms with Gasteiger partial charge in [-0.25, -0.2) is 0 Å². The minimum atomic E-state index is 0.144. The number of nitrogens with zero attached hydrogens (tertiary/aromatic N) is 3. The van der Waals surface area contributed by atoms with Gasteiger partial charge in [-0.3, -0.25) is 16.0 Å². The topological polar surface area (TPSA) is 68.8 Å². The number of rotatable bonds is 3. The molecule has 5 heteroatoms. The van der Waals surface area contributed by atoms with Crippen LogP contribution in [0, 0.1) is 11.3 Å². The Kier molecular flexibility index (Phi) is 3.49. The lowest BCUT2D eigenvalue weighted by Gasteiger charge is -2.42. The Bertz CT molecular complexity index is 371. The molecular formula is C12H23N5. The highest BCUT2D eigenvalue weighted by atomic mass is 15.4. The molecule has 0 aliphatic heterocycles. The third-order valence-electron chi connectivity index (χ3n) is 4.24. The van der Waals surface area contributed by atoms with Crippen molar-refractivity contribution < 1.29 is 0 Å². The van der Waals surface area contributed by atoms with Gasteiger partial charge in [0.15, 0.2) is 0 Å². The Balaban J connectivity index is 2.26. The number of hydrogen-bond acceptors (Lipinski definition) is 4. The molecular weight excluding hydrogens is 214 g/mol. The van der Waals surface area contributed by atoms with E-state index in [0.717, 1.165) is 5.69 Å². The SMILES string of the molecule is Cn1nncc1C(NN)C1CCCCC1(C)C. The van der Waals surface area contributed by atoms with Crippen LogP contribution in [0.25, 0.3) is 0 Å². The molecule has 1 aromatic heterocycles. The van der Waals surface area contributed by atoms with Crippen molar-refractivity contribution in [3.63, 3.8) is 0 Å². The normalized spacial score (nSPS) is 25.8. The molecule has 1 aromatic rings.